The number of carbonyl (C=O) groups is 1. The average Bonchev–Trinajstić information content (AvgIpc) is 2.87. The van der Waals surface area contributed by atoms with Gasteiger partial charge in [-0.1, -0.05) is 19.9 Å². The highest BCUT2D eigenvalue weighted by molar-refractivity contribution is 5.73. The van der Waals surface area contributed by atoms with Crippen molar-refractivity contribution in [2.45, 2.75) is 39.8 Å². The molecule has 1 atom stereocenters. The third-order valence-electron chi connectivity index (χ3n) is 3.61. The number of amides is 1. The Labute approximate surface area is 127 Å². The summed E-state index contributed by atoms with van der Waals surface area (Å²) in [7, 11) is 0. The fraction of sp³-hybridized carbons (Fsp3) is 0.625. The molecule has 1 aliphatic rings. The largest absolute Gasteiger partial charge is 0.354 e. The van der Waals surface area contributed by atoms with Crippen molar-refractivity contribution in [2.75, 3.05) is 24.5 Å². The third-order valence-corrected chi connectivity index (χ3v) is 3.61. The van der Waals surface area contributed by atoms with Gasteiger partial charge in [-0.05, 0) is 30.5 Å². The molecule has 21 heavy (non-hydrogen) atoms. The molecule has 1 unspecified atom stereocenters. The SMILES string of the molecule is CC(=O)NC1CCN(c2ccc(CNCC(C)C)cn2)C1. The molecule has 2 N–H and O–H groups in total. The first-order chi connectivity index (χ1) is 10.0. The van der Waals surface area contributed by atoms with Crippen LogP contribution in [0.3, 0.4) is 0 Å². The van der Waals surface area contributed by atoms with Crippen LogP contribution in [0, 0.1) is 5.92 Å². The predicted molar refractivity (Wildman–Crippen MR) is 85.2 cm³/mol. The summed E-state index contributed by atoms with van der Waals surface area (Å²) >= 11 is 0. The lowest BCUT2D eigenvalue weighted by atomic mass is 10.2. The van der Waals surface area contributed by atoms with Gasteiger partial charge in [-0.2, -0.15) is 0 Å². The normalized spacial score (nSPS) is 18.3. The molecule has 1 aliphatic heterocycles. The Hall–Kier alpha value is -1.62. The first-order valence-electron chi connectivity index (χ1n) is 7.72. The summed E-state index contributed by atoms with van der Waals surface area (Å²) in [6.07, 6.45) is 2.92. The fourth-order valence-corrected chi connectivity index (χ4v) is 2.59. The Bertz CT molecular complexity index is 458. The van der Waals surface area contributed by atoms with Crippen LogP contribution in [0.5, 0.6) is 0 Å². The Morgan fingerprint density at radius 2 is 2.29 bits per heavy atom. The van der Waals surface area contributed by atoms with E-state index in [1.54, 1.807) is 6.92 Å². The molecular formula is C16H26N4O. The highest BCUT2D eigenvalue weighted by Gasteiger charge is 2.23. The van der Waals surface area contributed by atoms with Crippen molar-refractivity contribution >= 4 is 11.7 Å². The summed E-state index contributed by atoms with van der Waals surface area (Å²) in [5, 5.41) is 6.39. The Balaban J connectivity index is 1.83. The van der Waals surface area contributed by atoms with Crippen LogP contribution in [0.2, 0.25) is 0 Å². The molecule has 2 heterocycles. The van der Waals surface area contributed by atoms with Gasteiger partial charge in [-0.15, -0.1) is 0 Å². The van der Waals surface area contributed by atoms with Crippen molar-refractivity contribution < 1.29 is 4.79 Å². The standard InChI is InChI=1S/C16H26N4O/c1-12(2)8-17-9-14-4-5-16(18-10-14)20-7-6-15(11-20)19-13(3)21/h4-5,10,12,15,17H,6-9,11H2,1-3H3,(H,19,21). The molecule has 1 fully saturated rings. The van der Waals surface area contributed by atoms with E-state index in [4.69, 9.17) is 0 Å². The van der Waals surface area contributed by atoms with Gasteiger partial charge < -0.3 is 15.5 Å². The number of anilines is 1. The zero-order chi connectivity index (χ0) is 15.2. The van der Waals surface area contributed by atoms with Crippen LogP contribution in [0.4, 0.5) is 5.82 Å². The van der Waals surface area contributed by atoms with E-state index in [1.165, 1.54) is 5.56 Å². The molecule has 1 aromatic rings. The van der Waals surface area contributed by atoms with Crippen LogP contribution >= 0.6 is 0 Å². The number of aromatic nitrogens is 1. The summed E-state index contributed by atoms with van der Waals surface area (Å²) in [6, 6.07) is 4.45. The van der Waals surface area contributed by atoms with Crippen LogP contribution in [0.15, 0.2) is 18.3 Å². The molecule has 0 aliphatic carbocycles. The molecule has 1 saturated heterocycles. The second kappa shape index (κ2) is 7.41. The Morgan fingerprint density at radius 3 is 2.90 bits per heavy atom. The fourth-order valence-electron chi connectivity index (χ4n) is 2.59. The molecule has 0 bridgehead atoms. The number of carbonyl (C=O) groups excluding carboxylic acids is 1. The van der Waals surface area contributed by atoms with E-state index in [0.29, 0.717) is 5.92 Å². The van der Waals surface area contributed by atoms with E-state index in [1.807, 2.05) is 6.20 Å². The molecule has 116 valence electrons. The summed E-state index contributed by atoms with van der Waals surface area (Å²) < 4.78 is 0. The van der Waals surface area contributed by atoms with E-state index in [2.05, 4.69) is 46.5 Å². The quantitative estimate of drug-likeness (QED) is 0.834. The Kier molecular flexibility index (Phi) is 5.56. The number of pyridine rings is 1. The van der Waals surface area contributed by atoms with Crippen LogP contribution in [-0.4, -0.2) is 36.6 Å². The molecular weight excluding hydrogens is 264 g/mol. The average molecular weight is 290 g/mol. The minimum absolute atomic E-state index is 0.0429. The topological polar surface area (TPSA) is 57.3 Å². The van der Waals surface area contributed by atoms with Crippen molar-refractivity contribution in [1.29, 1.82) is 0 Å². The number of nitrogens with zero attached hydrogens (tertiary/aromatic N) is 2. The van der Waals surface area contributed by atoms with Gasteiger partial charge in [0.25, 0.3) is 0 Å². The second-order valence-corrected chi connectivity index (χ2v) is 6.18. The second-order valence-electron chi connectivity index (χ2n) is 6.18. The van der Waals surface area contributed by atoms with Gasteiger partial charge in [-0.25, -0.2) is 4.98 Å². The smallest absolute Gasteiger partial charge is 0.217 e. The number of hydrogen-bond acceptors (Lipinski definition) is 4. The molecule has 0 aromatic carbocycles. The summed E-state index contributed by atoms with van der Waals surface area (Å²) in [5.74, 6) is 1.70. The first kappa shape index (κ1) is 15.8. The predicted octanol–water partition coefficient (Wildman–Crippen LogP) is 1.54. The monoisotopic (exact) mass is 290 g/mol. The zero-order valence-corrected chi connectivity index (χ0v) is 13.2. The maximum absolute atomic E-state index is 11.1. The van der Waals surface area contributed by atoms with E-state index in [0.717, 1.165) is 38.4 Å². The highest BCUT2D eigenvalue weighted by Crippen LogP contribution is 2.18. The van der Waals surface area contributed by atoms with E-state index >= 15 is 0 Å². The molecule has 0 spiro atoms. The summed E-state index contributed by atoms with van der Waals surface area (Å²) in [5.41, 5.74) is 1.21. The van der Waals surface area contributed by atoms with Gasteiger partial charge in [0.15, 0.2) is 0 Å². The van der Waals surface area contributed by atoms with Crippen molar-refractivity contribution in [3.05, 3.63) is 23.9 Å². The molecule has 2 rings (SSSR count). The van der Waals surface area contributed by atoms with Gasteiger partial charge in [0.05, 0.1) is 0 Å². The van der Waals surface area contributed by atoms with Gasteiger partial charge >= 0.3 is 0 Å². The Morgan fingerprint density at radius 1 is 1.48 bits per heavy atom. The summed E-state index contributed by atoms with van der Waals surface area (Å²) in [6.45, 7) is 9.65. The van der Waals surface area contributed by atoms with Crippen molar-refractivity contribution in [3.8, 4) is 0 Å². The first-order valence-corrected chi connectivity index (χ1v) is 7.72. The van der Waals surface area contributed by atoms with Crippen molar-refractivity contribution in [1.82, 2.24) is 15.6 Å². The highest BCUT2D eigenvalue weighted by atomic mass is 16.1. The summed E-state index contributed by atoms with van der Waals surface area (Å²) in [4.78, 5) is 17.9. The molecule has 0 saturated carbocycles. The lowest BCUT2D eigenvalue weighted by Gasteiger charge is -2.18. The zero-order valence-electron chi connectivity index (χ0n) is 13.2. The van der Waals surface area contributed by atoms with E-state index in [9.17, 15) is 4.79 Å². The van der Waals surface area contributed by atoms with Crippen molar-refractivity contribution in [3.63, 3.8) is 0 Å². The van der Waals surface area contributed by atoms with Crippen LogP contribution in [0.1, 0.15) is 32.8 Å². The number of nitrogens with one attached hydrogen (secondary N) is 2. The van der Waals surface area contributed by atoms with Crippen LogP contribution in [0.25, 0.3) is 0 Å². The lowest BCUT2D eigenvalue weighted by Crippen LogP contribution is -2.35. The molecule has 5 nitrogen and oxygen atoms in total. The minimum atomic E-state index is 0.0429. The molecule has 0 radical (unpaired) electrons. The molecule has 1 amide bonds. The third kappa shape index (κ3) is 5.01. The maximum atomic E-state index is 11.1. The van der Waals surface area contributed by atoms with E-state index < -0.39 is 0 Å². The minimum Gasteiger partial charge on any atom is -0.354 e. The number of hydrogen-bond donors (Lipinski definition) is 2. The maximum Gasteiger partial charge on any atom is 0.217 e. The van der Waals surface area contributed by atoms with Gasteiger partial charge in [0.1, 0.15) is 5.82 Å². The van der Waals surface area contributed by atoms with Gasteiger partial charge in [0.2, 0.25) is 5.91 Å². The molecule has 1 aromatic heterocycles. The van der Waals surface area contributed by atoms with Crippen molar-refractivity contribution in [2.24, 2.45) is 5.92 Å². The van der Waals surface area contributed by atoms with Crippen LogP contribution < -0.4 is 15.5 Å². The van der Waals surface area contributed by atoms with Gasteiger partial charge in [0, 0.05) is 38.8 Å². The lowest BCUT2D eigenvalue weighted by molar-refractivity contribution is -0.119. The number of rotatable bonds is 6. The van der Waals surface area contributed by atoms with E-state index in [-0.39, 0.29) is 11.9 Å². The van der Waals surface area contributed by atoms with Crippen LogP contribution in [-0.2, 0) is 11.3 Å². The van der Waals surface area contributed by atoms with Gasteiger partial charge in [-0.3, -0.25) is 4.79 Å². The molecule has 5 heteroatoms.